The van der Waals surface area contributed by atoms with Gasteiger partial charge in [-0.3, -0.25) is 0 Å². The first-order valence-electron chi connectivity index (χ1n) is 5.85. The summed E-state index contributed by atoms with van der Waals surface area (Å²) in [5.41, 5.74) is 0. The van der Waals surface area contributed by atoms with Gasteiger partial charge in [0, 0.05) is 21.3 Å². The monoisotopic (exact) mass is 232 g/mol. The van der Waals surface area contributed by atoms with E-state index in [0.717, 1.165) is 25.3 Å². The number of hydrogen-bond acceptors (Lipinski definition) is 3. The number of rotatable bonds is 5. The fourth-order valence-corrected chi connectivity index (χ4v) is 6.91. The standard InChI is InChI=1S/C11H24O3Si/c1-5-8-11(12-2)9-6-7-10-15(11,13-3)14-4/h5-10H2,1-4H3. The average molecular weight is 232 g/mol. The summed E-state index contributed by atoms with van der Waals surface area (Å²) in [7, 11) is 3.22. The topological polar surface area (TPSA) is 27.7 Å². The molecule has 0 radical (unpaired) electrons. The molecule has 0 saturated carbocycles. The molecule has 1 unspecified atom stereocenters. The maximum absolute atomic E-state index is 5.83. The van der Waals surface area contributed by atoms with Crippen LogP contribution < -0.4 is 0 Å². The van der Waals surface area contributed by atoms with E-state index in [9.17, 15) is 0 Å². The summed E-state index contributed by atoms with van der Waals surface area (Å²) < 4.78 is 17.4. The van der Waals surface area contributed by atoms with Crippen LogP contribution in [-0.2, 0) is 13.6 Å². The van der Waals surface area contributed by atoms with Gasteiger partial charge >= 0.3 is 8.56 Å². The number of methoxy groups -OCH3 is 1. The van der Waals surface area contributed by atoms with Gasteiger partial charge in [0.05, 0.1) is 0 Å². The van der Waals surface area contributed by atoms with Crippen LogP contribution in [0.4, 0.5) is 0 Å². The van der Waals surface area contributed by atoms with Crippen molar-refractivity contribution in [3.8, 4) is 0 Å². The third-order valence-electron chi connectivity index (χ3n) is 3.73. The maximum Gasteiger partial charge on any atom is 0.370 e. The van der Waals surface area contributed by atoms with Crippen molar-refractivity contribution in [1.82, 2.24) is 0 Å². The van der Waals surface area contributed by atoms with Crippen molar-refractivity contribution in [2.24, 2.45) is 0 Å². The van der Waals surface area contributed by atoms with Gasteiger partial charge in [-0.15, -0.1) is 0 Å². The first kappa shape index (κ1) is 13.2. The highest BCUT2D eigenvalue weighted by atomic mass is 28.4. The normalized spacial score (nSPS) is 30.4. The van der Waals surface area contributed by atoms with Gasteiger partial charge in [-0.1, -0.05) is 26.2 Å². The Kier molecular flexibility index (Phi) is 4.77. The molecule has 0 aliphatic carbocycles. The molecule has 1 atom stereocenters. The van der Waals surface area contributed by atoms with E-state index in [0.29, 0.717) is 0 Å². The second-order valence-electron chi connectivity index (χ2n) is 4.32. The smallest absolute Gasteiger partial charge is 0.370 e. The molecule has 1 rings (SSSR count). The van der Waals surface area contributed by atoms with Crippen LogP contribution in [0.25, 0.3) is 0 Å². The van der Waals surface area contributed by atoms with Crippen molar-refractivity contribution in [2.45, 2.75) is 50.3 Å². The molecule has 0 N–H and O–H groups in total. The van der Waals surface area contributed by atoms with Crippen LogP contribution in [0.3, 0.4) is 0 Å². The Morgan fingerprint density at radius 2 is 1.80 bits per heavy atom. The second-order valence-corrected chi connectivity index (χ2v) is 8.05. The average Bonchev–Trinajstić information content (AvgIpc) is 2.30. The Morgan fingerprint density at radius 3 is 2.27 bits per heavy atom. The summed E-state index contributed by atoms with van der Waals surface area (Å²) in [4.78, 5) is 0. The molecule has 1 heterocycles. The zero-order chi connectivity index (χ0) is 11.4. The van der Waals surface area contributed by atoms with E-state index in [1.807, 2.05) is 0 Å². The molecule has 4 heteroatoms. The van der Waals surface area contributed by atoms with Crippen LogP contribution in [-0.4, -0.2) is 35.1 Å². The van der Waals surface area contributed by atoms with E-state index in [2.05, 4.69) is 6.92 Å². The van der Waals surface area contributed by atoms with Crippen molar-refractivity contribution in [2.75, 3.05) is 21.3 Å². The van der Waals surface area contributed by atoms with E-state index in [1.165, 1.54) is 12.8 Å². The molecule has 0 amide bonds. The van der Waals surface area contributed by atoms with Gasteiger partial charge in [-0.25, -0.2) is 0 Å². The lowest BCUT2D eigenvalue weighted by molar-refractivity contribution is -0.0149. The minimum atomic E-state index is -2.15. The lowest BCUT2D eigenvalue weighted by Crippen LogP contribution is -2.64. The molecular formula is C11H24O3Si. The van der Waals surface area contributed by atoms with Crippen LogP contribution in [0.5, 0.6) is 0 Å². The zero-order valence-corrected chi connectivity index (χ0v) is 11.5. The van der Waals surface area contributed by atoms with E-state index >= 15 is 0 Å². The van der Waals surface area contributed by atoms with E-state index < -0.39 is 8.56 Å². The maximum atomic E-state index is 5.83. The Bertz CT molecular complexity index is 190. The highest BCUT2D eigenvalue weighted by molar-refractivity contribution is 6.70. The largest absolute Gasteiger partial charge is 0.396 e. The molecule has 0 aromatic carbocycles. The number of hydrogen-bond donors (Lipinski definition) is 0. The molecule has 0 spiro atoms. The van der Waals surface area contributed by atoms with E-state index in [1.54, 1.807) is 21.3 Å². The van der Waals surface area contributed by atoms with E-state index in [4.69, 9.17) is 13.6 Å². The molecule has 1 fully saturated rings. The minimum absolute atomic E-state index is 0.122. The Morgan fingerprint density at radius 1 is 1.13 bits per heavy atom. The van der Waals surface area contributed by atoms with Gasteiger partial charge in [-0.05, 0) is 18.9 Å². The minimum Gasteiger partial charge on any atom is -0.396 e. The summed E-state index contributed by atoms with van der Waals surface area (Å²) in [6.07, 6.45) is 5.70. The predicted octanol–water partition coefficient (Wildman–Crippen LogP) is 2.63. The molecule has 1 aliphatic heterocycles. The first-order chi connectivity index (χ1) is 7.20. The first-order valence-corrected chi connectivity index (χ1v) is 7.88. The van der Waals surface area contributed by atoms with E-state index in [-0.39, 0.29) is 5.22 Å². The highest BCUT2D eigenvalue weighted by Crippen LogP contribution is 2.42. The summed E-state index contributed by atoms with van der Waals surface area (Å²) in [5, 5.41) is -0.122. The van der Waals surface area contributed by atoms with Crippen molar-refractivity contribution < 1.29 is 13.6 Å². The fraction of sp³-hybridized carbons (Fsp3) is 1.00. The van der Waals surface area contributed by atoms with Gasteiger partial charge in [0.15, 0.2) is 0 Å². The Hall–Kier alpha value is 0.0969. The SMILES string of the molecule is CCCC1(OC)CCCC[Si]1(OC)OC. The van der Waals surface area contributed by atoms with Gasteiger partial charge in [0.2, 0.25) is 0 Å². The quantitative estimate of drug-likeness (QED) is 0.682. The van der Waals surface area contributed by atoms with Gasteiger partial charge in [0.25, 0.3) is 0 Å². The van der Waals surface area contributed by atoms with Crippen LogP contribution in [0.2, 0.25) is 6.04 Å². The van der Waals surface area contributed by atoms with Gasteiger partial charge in [0.1, 0.15) is 5.22 Å². The third kappa shape index (κ3) is 2.13. The van der Waals surface area contributed by atoms with Crippen LogP contribution in [0.1, 0.15) is 39.0 Å². The Labute approximate surface area is 94.4 Å². The van der Waals surface area contributed by atoms with Crippen LogP contribution in [0, 0.1) is 0 Å². The highest BCUT2D eigenvalue weighted by Gasteiger charge is 2.58. The molecule has 0 aromatic rings. The lowest BCUT2D eigenvalue weighted by Gasteiger charge is -2.47. The predicted molar refractivity (Wildman–Crippen MR) is 63.1 cm³/mol. The zero-order valence-electron chi connectivity index (χ0n) is 10.5. The molecule has 0 aromatic heterocycles. The van der Waals surface area contributed by atoms with Crippen LogP contribution >= 0.6 is 0 Å². The third-order valence-corrected chi connectivity index (χ3v) is 8.16. The summed E-state index contributed by atoms with van der Waals surface area (Å²) in [5.74, 6) is 0. The number of ether oxygens (including phenoxy) is 1. The summed E-state index contributed by atoms with van der Waals surface area (Å²) in [6.45, 7) is 2.19. The molecule has 15 heavy (non-hydrogen) atoms. The molecule has 3 nitrogen and oxygen atoms in total. The molecule has 1 saturated heterocycles. The van der Waals surface area contributed by atoms with Crippen LogP contribution in [0.15, 0.2) is 0 Å². The van der Waals surface area contributed by atoms with Crippen molar-refractivity contribution in [1.29, 1.82) is 0 Å². The fourth-order valence-electron chi connectivity index (χ4n) is 2.92. The molecule has 1 aliphatic rings. The summed E-state index contributed by atoms with van der Waals surface area (Å²) >= 11 is 0. The summed E-state index contributed by atoms with van der Waals surface area (Å²) in [6, 6.07) is 1.06. The van der Waals surface area contributed by atoms with Gasteiger partial charge in [-0.2, -0.15) is 0 Å². The van der Waals surface area contributed by atoms with Crippen molar-refractivity contribution in [3.63, 3.8) is 0 Å². The van der Waals surface area contributed by atoms with Crippen molar-refractivity contribution >= 4 is 8.56 Å². The van der Waals surface area contributed by atoms with Gasteiger partial charge < -0.3 is 13.6 Å². The second kappa shape index (κ2) is 5.43. The molecule has 90 valence electrons. The molecule has 0 bridgehead atoms. The molecular weight excluding hydrogens is 208 g/mol. The Balaban J connectivity index is 2.95. The lowest BCUT2D eigenvalue weighted by atomic mass is 10.1. The van der Waals surface area contributed by atoms with Crippen molar-refractivity contribution in [3.05, 3.63) is 0 Å².